The van der Waals surface area contributed by atoms with Crippen LogP contribution in [0, 0.1) is 17.1 Å². The number of benzene rings is 1. The molecule has 0 amide bonds. The molecule has 0 saturated carbocycles. The Morgan fingerprint density at radius 3 is 2.68 bits per heavy atom. The van der Waals surface area contributed by atoms with Crippen LogP contribution in [0.5, 0.6) is 6.01 Å². The van der Waals surface area contributed by atoms with Crippen LogP contribution < -0.4 is 4.74 Å². The van der Waals surface area contributed by atoms with Crippen LogP contribution in [0.1, 0.15) is 18.5 Å². The molecule has 9 heteroatoms. The lowest BCUT2D eigenvalue weighted by Crippen LogP contribution is -2.26. The summed E-state index contributed by atoms with van der Waals surface area (Å²) in [6.07, 6.45) is 4.66. The number of nitrogens with zero attached hydrogens (tertiary/aromatic N) is 4. The van der Waals surface area contributed by atoms with Gasteiger partial charge in [0.25, 0.3) is 0 Å². The number of hydrogen-bond acceptors (Lipinski definition) is 6. The zero-order chi connectivity index (χ0) is 19.5. The second kappa shape index (κ2) is 7.92. The molecular weight excluding hydrogens is 385 g/mol. The molecule has 1 aliphatic heterocycles. The smallest absolute Gasteiger partial charge is 0.316 e. The van der Waals surface area contributed by atoms with Gasteiger partial charge in [0.2, 0.25) is 0 Å². The highest BCUT2D eigenvalue weighted by atomic mass is 35.5. The molecule has 1 fully saturated rings. The maximum atomic E-state index is 14.2. The quantitative estimate of drug-likeness (QED) is 0.717. The van der Waals surface area contributed by atoms with E-state index in [1.54, 1.807) is 6.07 Å². The van der Waals surface area contributed by atoms with Crippen LogP contribution in [0.15, 0.2) is 30.6 Å². The fourth-order valence-electron chi connectivity index (χ4n) is 2.95. The summed E-state index contributed by atoms with van der Waals surface area (Å²) in [5.41, 5.74) is 1.11. The lowest BCUT2D eigenvalue weighted by molar-refractivity contribution is 0.0217. The Morgan fingerprint density at radius 1 is 1.25 bits per heavy atom. The molecule has 0 unspecified atom stereocenters. The van der Waals surface area contributed by atoms with Gasteiger partial charge in [0.1, 0.15) is 23.8 Å². The van der Waals surface area contributed by atoms with Crippen molar-refractivity contribution in [3.63, 3.8) is 0 Å². The lowest BCUT2D eigenvalue weighted by Gasteiger charge is -2.21. The van der Waals surface area contributed by atoms with Crippen molar-refractivity contribution in [3.8, 4) is 34.7 Å². The molecule has 3 heterocycles. The number of hydrogen-bond donors (Lipinski definition) is 1. The summed E-state index contributed by atoms with van der Waals surface area (Å²) in [4.78, 5) is 15.5. The minimum absolute atomic E-state index is 0.0243. The van der Waals surface area contributed by atoms with Crippen molar-refractivity contribution in [1.29, 1.82) is 5.26 Å². The van der Waals surface area contributed by atoms with E-state index in [2.05, 4.69) is 19.9 Å². The first-order valence-corrected chi connectivity index (χ1v) is 9.05. The SMILES string of the molecule is N#Cc1nc(-c2c(F)cccc2Cl)[nH]c1-c1cnc(OC2CCOCC2)nc1. The van der Waals surface area contributed by atoms with Crippen LogP contribution >= 0.6 is 11.6 Å². The number of nitrogens with one attached hydrogen (secondary N) is 1. The van der Waals surface area contributed by atoms with Crippen LogP contribution in [0.3, 0.4) is 0 Å². The molecule has 0 bridgehead atoms. The van der Waals surface area contributed by atoms with Crippen LogP contribution in [0.2, 0.25) is 5.02 Å². The van der Waals surface area contributed by atoms with E-state index in [1.807, 2.05) is 6.07 Å². The second-order valence-electron chi connectivity index (χ2n) is 6.20. The molecule has 2 aromatic heterocycles. The maximum Gasteiger partial charge on any atom is 0.316 e. The monoisotopic (exact) mass is 399 g/mol. The fourth-order valence-corrected chi connectivity index (χ4v) is 3.21. The van der Waals surface area contributed by atoms with E-state index >= 15 is 0 Å². The Morgan fingerprint density at radius 2 is 2.00 bits per heavy atom. The highest BCUT2D eigenvalue weighted by molar-refractivity contribution is 6.33. The summed E-state index contributed by atoms with van der Waals surface area (Å²) >= 11 is 6.10. The predicted octanol–water partition coefficient (Wildman–Crippen LogP) is 3.76. The Labute approximate surface area is 165 Å². The van der Waals surface area contributed by atoms with Crippen molar-refractivity contribution in [2.24, 2.45) is 0 Å². The Kier molecular flexibility index (Phi) is 5.19. The van der Waals surface area contributed by atoms with Crippen molar-refractivity contribution in [2.45, 2.75) is 18.9 Å². The molecule has 1 aliphatic rings. The molecule has 1 saturated heterocycles. The van der Waals surface area contributed by atoms with Gasteiger partial charge in [0, 0.05) is 30.8 Å². The molecule has 3 aromatic rings. The summed E-state index contributed by atoms with van der Waals surface area (Å²) in [5.74, 6) is -0.370. The van der Waals surface area contributed by atoms with Crippen LogP contribution in [-0.2, 0) is 4.74 Å². The zero-order valence-corrected chi connectivity index (χ0v) is 15.4. The summed E-state index contributed by atoms with van der Waals surface area (Å²) in [7, 11) is 0. The third-order valence-electron chi connectivity index (χ3n) is 4.37. The Bertz CT molecular complexity index is 1010. The first kappa shape index (κ1) is 18.3. The van der Waals surface area contributed by atoms with E-state index in [4.69, 9.17) is 21.1 Å². The van der Waals surface area contributed by atoms with Gasteiger partial charge in [-0.15, -0.1) is 0 Å². The summed E-state index contributed by atoms with van der Waals surface area (Å²) < 4.78 is 25.2. The number of rotatable bonds is 4. The Hall–Kier alpha value is -3.02. The number of imidazole rings is 1. The fraction of sp³-hybridized carbons (Fsp3) is 0.263. The van der Waals surface area contributed by atoms with Crippen molar-refractivity contribution in [3.05, 3.63) is 47.1 Å². The number of ether oxygens (including phenoxy) is 2. The number of halogens is 2. The molecule has 0 radical (unpaired) electrons. The standard InChI is InChI=1S/C19H15ClFN5O2/c20-13-2-1-3-14(21)16(13)18-25-15(8-22)17(26-18)11-9-23-19(24-10-11)28-12-4-6-27-7-5-12/h1-3,9-10,12H,4-7H2,(H,25,26). The normalized spacial score (nSPS) is 14.6. The third-order valence-corrected chi connectivity index (χ3v) is 4.68. The average molecular weight is 400 g/mol. The highest BCUT2D eigenvalue weighted by Gasteiger charge is 2.20. The first-order chi connectivity index (χ1) is 13.7. The van der Waals surface area contributed by atoms with E-state index < -0.39 is 5.82 Å². The van der Waals surface area contributed by atoms with Gasteiger partial charge in [-0.25, -0.2) is 19.3 Å². The van der Waals surface area contributed by atoms with Gasteiger partial charge in [-0.2, -0.15) is 5.26 Å². The van der Waals surface area contributed by atoms with Crippen molar-refractivity contribution in [2.75, 3.05) is 13.2 Å². The van der Waals surface area contributed by atoms with Gasteiger partial charge in [-0.3, -0.25) is 0 Å². The minimum Gasteiger partial charge on any atom is -0.460 e. The lowest BCUT2D eigenvalue weighted by atomic mass is 10.2. The molecule has 0 atom stereocenters. The van der Waals surface area contributed by atoms with Gasteiger partial charge < -0.3 is 14.5 Å². The number of H-pyrrole nitrogens is 1. The molecule has 0 aliphatic carbocycles. The van der Waals surface area contributed by atoms with Gasteiger partial charge >= 0.3 is 6.01 Å². The first-order valence-electron chi connectivity index (χ1n) is 8.67. The van der Waals surface area contributed by atoms with Crippen LogP contribution in [0.25, 0.3) is 22.6 Å². The zero-order valence-electron chi connectivity index (χ0n) is 14.7. The van der Waals surface area contributed by atoms with Gasteiger partial charge in [0.15, 0.2) is 5.69 Å². The minimum atomic E-state index is -0.534. The highest BCUT2D eigenvalue weighted by Crippen LogP contribution is 2.31. The summed E-state index contributed by atoms with van der Waals surface area (Å²) in [6, 6.07) is 6.59. The van der Waals surface area contributed by atoms with Crippen molar-refractivity contribution in [1.82, 2.24) is 19.9 Å². The molecule has 7 nitrogen and oxygen atoms in total. The largest absolute Gasteiger partial charge is 0.460 e. The molecular formula is C19H15ClFN5O2. The molecule has 142 valence electrons. The topological polar surface area (TPSA) is 96.7 Å². The third kappa shape index (κ3) is 3.67. The van der Waals surface area contributed by atoms with E-state index in [1.165, 1.54) is 24.5 Å². The van der Waals surface area contributed by atoms with Crippen molar-refractivity contribution >= 4 is 11.6 Å². The molecule has 4 rings (SSSR count). The van der Waals surface area contributed by atoms with Gasteiger partial charge in [-0.05, 0) is 12.1 Å². The van der Waals surface area contributed by atoms with Crippen molar-refractivity contribution < 1.29 is 13.9 Å². The van der Waals surface area contributed by atoms with E-state index in [-0.39, 0.29) is 34.2 Å². The maximum absolute atomic E-state index is 14.2. The molecule has 0 spiro atoms. The summed E-state index contributed by atoms with van der Waals surface area (Å²) in [6.45, 7) is 1.31. The van der Waals surface area contributed by atoms with Crippen LogP contribution in [0.4, 0.5) is 4.39 Å². The van der Waals surface area contributed by atoms with E-state index in [0.717, 1.165) is 12.8 Å². The second-order valence-corrected chi connectivity index (χ2v) is 6.61. The van der Waals surface area contributed by atoms with Gasteiger partial charge in [0.05, 0.1) is 29.5 Å². The van der Waals surface area contributed by atoms with Crippen LogP contribution in [-0.4, -0.2) is 39.3 Å². The number of aromatic nitrogens is 4. The molecule has 1 aromatic carbocycles. The number of nitriles is 1. The molecule has 28 heavy (non-hydrogen) atoms. The van der Waals surface area contributed by atoms with E-state index in [9.17, 15) is 9.65 Å². The number of aromatic amines is 1. The summed E-state index contributed by atoms with van der Waals surface area (Å²) in [5, 5.41) is 9.61. The van der Waals surface area contributed by atoms with Gasteiger partial charge in [-0.1, -0.05) is 17.7 Å². The average Bonchev–Trinajstić information content (AvgIpc) is 3.13. The molecule has 1 N–H and O–H groups in total. The van der Waals surface area contributed by atoms with E-state index in [0.29, 0.717) is 24.5 Å². The Balaban J connectivity index is 1.62. The predicted molar refractivity (Wildman–Crippen MR) is 99.2 cm³/mol.